The van der Waals surface area contributed by atoms with Crippen molar-refractivity contribution in [3.8, 4) is 0 Å². The highest BCUT2D eigenvalue weighted by Gasteiger charge is 2.19. The third-order valence-electron chi connectivity index (χ3n) is 3.41. The molecule has 0 unspecified atom stereocenters. The van der Waals surface area contributed by atoms with E-state index in [0.717, 1.165) is 12.8 Å². The SMILES string of the molecule is CNC(C)(C)CCC(=O)CCC(C)(C)NC. The van der Waals surface area contributed by atoms with Crippen LogP contribution in [0, 0.1) is 0 Å². The Labute approximate surface area is 100 Å². The van der Waals surface area contributed by atoms with Crippen LogP contribution in [0.3, 0.4) is 0 Å². The molecule has 2 N–H and O–H groups in total. The van der Waals surface area contributed by atoms with Crippen molar-refractivity contribution in [2.24, 2.45) is 0 Å². The number of ketones is 1. The first-order valence-electron chi connectivity index (χ1n) is 6.12. The molecule has 0 saturated carbocycles. The minimum Gasteiger partial charge on any atom is -0.315 e. The molecule has 0 aliphatic heterocycles. The van der Waals surface area contributed by atoms with Gasteiger partial charge in [0.15, 0.2) is 0 Å². The lowest BCUT2D eigenvalue weighted by Gasteiger charge is -2.25. The van der Waals surface area contributed by atoms with Crippen LogP contribution < -0.4 is 10.6 Å². The van der Waals surface area contributed by atoms with Crippen molar-refractivity contribution in [1.82, 2.24) is 10.6 Å². The molecule has 0 aromatic heterocycles. The second-order valence-electron chi connectivity index (χ2n) is 5.81. The quantitative estimate of drug-likeness (QED) is 0.668. The van der Waals surface area contributed by atoms with Gasteiger partial charge in [-0.2, -0.15) is 0 Å². The summed E-state index contributed by atoms with van der Waals surface area (Å²) in [4.78, 5) is 11.7. The summed E-state index contributed by atoms with van der Waals surface area (Å²) >= 11 is 0. The zero-order valence-corrected chi connectivity index (χ0v) is 11.7. The fraction of sp³-hybridized carbons (Fsp3) is 0.923. The number of carbonyl (C=O) groups is 1. The molecule has 3 nitrogen and oxygen atoms in total. The standard InChI is InChI=1S/C13H28N2O/c1-12(2,14-5)9-7-11(16)8-10-13(3,4)15-6/h14-15H,7-10H2,1-6H3. The fourth-order valence-corrected chi connectivity index (χ4v) is 1.28. The van der Waals surface area contributed by atoms with Crippen LogP contribution in [0.2, 0.25) is 0 Å². The predicted molar refractivity (Wildman–Crippen MR) is 69.8 cm³/mol. The largest absolute Gasteiger partial charge is 0.315 e. The normalized spacial score (nSPS) is 12.9. The Hall–Kier alpha value is -0.410. The van der Waals surface area contributed by atoms with Gasteiger partial charge in [0.05, 0.1) is 0 Å². The Morgan fingerprint density at radius 3 is 1.44 bits per heavy atom. The second kappa shape index (κ2) is 6.36. The monoisotopic (exact) mass is 228 g/mol. The lowest BCUT2D eigenvalue weighted by Crippen LogP contribution is -2.37. The lowest BCUT2D eigenvalue weighted by atomic mass is 9.92. The van der Waals surface area contributed by atoms with Gasteiger partial charge >= 0.3 is 0 Å². The van der Waals surface area contributed by atoms with E-state index in [9.17, 15) is 4.79 Å². The molecule has 0 spiro atoms. The molecule has 0 aliphatic rings. The van der Waals surface area contributed by atoms with Crippen LogP contribution in [-0.2, 0) is 4.79 Å². The molecule has 16 heavy (non-hydrogen) atoms. The van der Waals surface area contributed by atoms with E-state index in [1.165, 1.54) is 0 Å². The highest BCUT2D eigenvalue weighted by molar-refractivity contribution is 5.78. The summed E-state index contributed by atoms with van der Waals surface area (Å²) in [6, 6.07) is 0. The van der Waals surface area contributed by atoms with Crippen molar-refractivity contribution in [1.29, 1.82) is 0 Å². The van der Waals surface area contributed by atoms with E-state index in [0.29, 0.717) is 18.6 Å². The van der Waals surface area contributed by atoms with Crippen molar-refractivity contribution < 1.29 is 4.79 Å². The number of nitrogens with one attached hydrogen (secondary N) is 2. The number of Topliss-reactive ketones (excluding diaryl/α,β-unsaturated/α-hetero) is 1. The minimum atomic E-state index is 0.0637. The number of rotatable bonds is 8. The van der Waals surface area contributed by atoms with Gasteiger partial charge in [-0.25, -0.2) is 0 Å². The van der Waals surface area contributed by atoms with E-state index >= 15 is 0 Å². The molecule has 0 radical (unpaired) electrons. The van der Waals surface area contributed by atoms with Gasteiger partial charge in [-0.1, -0.05) is 0 Å². The van der Waals surface area contributed by atoms with Crippen LogP contribution in [0.5, 0.6) is 0 Å². The van der Waals surface area contributed by atoms with Crippen LogP contribution in [-0.4, -0.2) is 31.0 Å². The summed E-state index contributed by atoms with van der Waals surface area (Å²) in [5.41, 5.74) is 0.127. The smallest absolute Gasteiger partial charge is 0.133 e. The van der Waals surface area contributed by atoms with Crippen molar-refractivity contribution in [2.45, 2.75) is 64.5 Å². The van der Waals surface area contributed by atoms with Crippen LogP contribution in [0.1, 0.15) is 53.4 Å². The molecule has 0 aliphatic carbocycles. The summed E-state index contributed by atoms with van der Waals surface area (Å²) in [7, 11) is 3.88. The maximum absolute atomic E-state index is 11.7. The zero-order chi connectivity index (χ0) is 12.8. The van der Waals surface area contributed by atoms with E-state index in [1.54, 1.807) is 0 Å². The van der Waals surface area contributed by atoms with Gasteiger partial charge in [0.1, 0.15) is 5.78 Å². The number of hydrogen-bond donors (Lipinski definition) is 2. The van der Waals surface area contributed by atoms with E-state index in [1.807, 2.05) is 14.1 Å². The molecule has 0 rings (SSSR count). The third kappa shape index (κ3) is 6.96. The van der Waals surface area contributed by atoms with E-state index in [2.05, 4.69) is 38.3 Å². The second-order valence-corrected chi connectivity index (χ2v) is 5.81. The molecule has 0 aromatic rings. The molecule has 0 fully saturated rings. The molecule has 96 valence electrons. The average Bonchev–Trinajstić information content (AvgIpc) is 2.24. The van der Waals surface area contributed by atoms with Crippen LogP contribution in [0.25, 0.3) is 0 Å². The summed E-state index contributed by atoms with van der Waals surface area (Å²) < 4.78 is 0. The molecular weight excluding hydrogens is 200 g/mol. The Balaban J connectivity index is 3.85. The third-order valence-corrected chi connectivity index (χ3v) is 3.41. The van der Waals surface area contributed by atoms with Gasteiger partial charge in [0.2, 0.25) is 0 Å². The fourth-order valence-electron chi connectivity index (χ4n) is 1.28. The molecule has 0 amide bonds. The first-order valence-corrected chi connectivity index (χ1v) is 6.12. The molecule has 0 saturated heterocycles. The molecule has 0 aromatic carbocycles. The van der Waals surface area contributed by atoms with E-state index < -0.39 is 0 Å². The molecule has 0 heterocycles. The Morgan fingerprint density at radius 1 is 0.875 bits per heavy atom. The van der Waals surface area contributed by atoms with E-state index in [4.69, 9.17) is 0 Å². The Morgan fingerprint density at radius 2 is 1.19 bits per heavy atom. The van der Waals surface area contributed by atoms with Crippen molar-refractivity contribution in [3.63, 3.8) is 0 Å². The summed E-state index contributed by atoms with van der Waals surface area (Å²) in [6.07, 6.45) is 3.16. The minimum absolute atomic E-state index is 0.0637. The van der Waals surface area contributed by atoms with Gasteiger partial charge < -0.3 is 10.6 Å². The maximum atomic E-state index is 11.7. The Bertz CT molecular complexity index is 200. The number of carbonyl (C=O) groups excluding carboxylic acids is 1. The Kier molecular flexibility index (Phi) is 6.19. The molecule has 0 atom stereocenters. The molecule has 3 heteroatoms. The van der Waals surface area contributed by atoms with Gasteiger partial charge in [-0.3, -0.25) is 4.79 Å². The topological polar surface area (TPSA) is 41.1 Å². The van der Waals surface area contributed by atoms with Crippen LogP contribution in [0.15, 0.2) is 0 Å². The van der Waals surface area contributed by atoms with Gasteiger partial charge in [-0.05, 0) is 54.6 Å². The highest BCUT2D eigenvalue weighted by atomic mass is 16.1. The average molecular weight is 228 g/mol. The summed E-state index contributed by atoms with van der Waals surface area (Å²) in [5, 5.41) is 6.43. The van der Waals surface area contributed by atoms with Crippen molar-refractivity contribution in [3.05, 3.63) is 0 Å². The van der Waals surface area contributed by atoms with Gasteiger partial charge in [-0.15, -0.1) is 0 Å². The zero-order valence-electron chi connectivity index (χ0n) is 11.7. The van der Waals surface area contributed by atoms with Gasteiger partial charge in [0.25, 0.3) is 0 Å². The van der Waals surface area contributed by atoms with Crippen LogP contribution >= 0.6 is 0 Å². The van der Waals surface area contributed by atoms with E-state index in [-0.39, 0.29) is 11.1 Å². The van der Waals surface area contributed by atoms with Crippen molar-refractivity contribution in [2.75, 3.05) is 14.1 Å². The van der Waals surface area contributed by atoms with Crippen molar-refractivity contribution >= 4 is 5.78 Å². The maximum Gasteiger partial charge on any atom is 0.133 e. The van der Waals surface area contributed by atoms with Gasteiger partial charge in [0, 0.05) is 23.9 Å². The predicted octanol–water partition coefficient (Wildman–Crippen LogP) is 2.11. The number of hydrogen-bond acceptors (Lipinski definition) is 3. The summed E-state index contributed by atoms with van der Waals surface area (Å²) in [5.74, 6) is 0.367. The first kappa shape index (κ1) is 15.6. The molecule has 0 bridgehead atoms. The first-order chi connectivity index (χ1) is 7.22. The molecular formula is C13H28N2O. The summed E-state index contributed by atoms with van der Waals surface area (Å²) in [6.45, 7) is 8.49. The highest BCUT2D eigenvalue weighted by Crippen LogP contribution is 2.15. The lowest BCUT2D eigenvalue weighted by molar-refractivity contribution is -0.119. The van der Waals surface area contributed by atoms with Crippen LogP contribution in [0.4, 0.5) is 0 Å².